The zero-order valence-electron chi connectivity index (χ0n) is 14.5. The summed E-state index contributed by atoms with van der Waals surface area (Å²) in [6.07, 6.45) is 3.93. The lowest BCUT2D eigenvalue weighted by Crippen LogP contribution is -2.25. The number of aryl methyl sites for hydroxylation is 1. The van der Waals surface area contributed by atoms with Crippen LogP contribution in [0.1, 0.15) is 34.5 Å². The van der Waals surface area contributed by atoms with Crippen LogP contribution in [0.4, 0.5) is 5.69 Å². The zero-order valence-corrected chi connectivity index (χ0v) is 14.5. The molecule has 2 heterocycles. The number of hydrogen-bond acceptors (Lipinski definition) is 4. The number of hydrogen-bond donors (Lipinski definition) is 2. The summed E-state index contributed by atoms with van der Waals surface area (Å²) < 4.78 is 1.55. The molecule has 1 amide bonds. The minimum Gasteiger partial charge on any atom is -0.379 e. The number of nitrogens with zero attached hydrogens (tertiary/aromatic N) is 2. The quantitative estimate of drug-likeness (QED) is 0.743. The van der Waals surface area contributed by atoms with Crippen molar-refractivity contribution in [3.05, 3.63) is 75.8 Å². The molecule has 0 aliphatic heterocycles. The van der Waals surface area contributed by atoms with Crippen LogP contribution in [0.5, 0.6) is 0 Å². The number of pyridine rings is 1. The number of rotatable bonds is 5. The minimum absolute atomic E-state index is 0.0291. The molecule has 4 rings (SSSR count). The van der Waals surface area contributed by atoms with E-state index in [9.17, 15) is 9.59 Å². The van der Waals surface area contributed by atoms with E-state index >= 15 is 0 Å². The lowest BCUT2D eigenvalue weighted by Gasteiger charge is -2.09. The van der Waals surface area contributed by atoms with Crippen LogP contribution in [0.15, 0.2) is 53.5 Å². The molecule has 1 fully saturated rings. The van der Waals surface area contributed by atoms with Crippen LogP contribution in [-0.4, -0.2) is 21.3 Å². The molecule has 0 atom stereocenters. The van der Waals surface area contributed by atoms with Gasteiger partial charge in [-0.15, -0.1) is 0 Å². The van der Waals surface area contributed by atoms with Gasteiger partial charge in [0.25, 0.3) is 11.5 Å². The van der Waals surface area contributed by atoms with Gasteiger partial charge in [-0.1, -0.05) is 6.07 Å². The number of fused-ring (bicyclic) bond motifs is 1. The van der Waals surface area contributed by atoms with Crippen molar-refractivity contribution in [2.75, 3.05) is 5.32 Å². The highest BCUT2D eigenvalue weighted by Crippen LogP contribution is 2.19. The third-order valence-electron chi connectivity index (χ3n) is 4.39. The van der Waals surface area contributed by atoms with Crippen molar-refractivity contribution < 1.29 is 4.79 Å². The Morgan fingerprint density at radius 1 is 1.19 bits per heavy atom. The van der Waals surface area contributed by atoms with Crippen molar-refractivity contribution in [2.45, 2.75) is 32.4 Å². The molecule has 1 aromatic carbocycles. The lowest BCUT2D eigenvalue weighted by molar-refractivity contribution is 0.0951. The van der Waals surface area contributed by atoms with E-state index in [-0.39, 0.29) is 11.5 Å². The van der Waals surface area contributed by atoms with E-state index in [1.54, 1.807) is 22.7 Å². The standard InChI is InChI=1S/C20H20N4O2/c1-13-2-9-18-22-17(10-19(25)24(18)12-13)11-21-15-5-3-14(4-6-15)20(26)23-16-7-8-16/h2-6,9-10,12,16,21H,7-8,11H2,1H3,(H,23,26). The summed E-state index contributed by atoms with van der Waals surface area (Å²) >= 11 is 0. The van der Waals surface area contributed by atoms with Gasteiger partial charge in [0.1, 0.15) is 5.65 Å². The van der Waals surface area contributed by atoms with E-state index in [2.05, 4.69) is 15.6 Å². The molecule has 2 N–H and O–H groups in total. The Balaban J connectivity index is 1.45. The van der Waals surface area contributed by atoms with Crippen LogP contribution < -0.4 is 16.2 Å². The second-order valence-electron chi connectivity index (χ2n) is 6.70. The summed E-state index contributed by atoms with van der Waals surface area (Å²) in [5.74, 6) is -0.0291. The van der Waals surface area contributed by atoms with Crippen molar-refractivity contribution >= 4 is 17.2 Å². The molecule has 26 heavy (non-hydrogen) atoms. The van der Waals surface area contributed by atoms with Crippen LogP contribution in [0, 0.1) is 6.92 Å². The molecule has 1 saturated carbocycles. The third kappa shape index (κ3) is 3.59. The largest absolute Gasteiger partial charge is 0.379 e. The second kappa shape index (κ2) is 6.63. The summed E-state index contributed by atoms with van der Waals surface area (Å²) in [6, 6.07) is 13.0. The molecule has 0 saturated heterocycles. The maximum absolute atomic E-state index is 12.2. The van der Waals surface area contributed by atoms with Crippen molar-refractivity contribution in [3.63, 3.8) is 0 Å². The van der Waals surface area contributed by atoms with Gasteiger partial charge in [0.05, 0.1) is 12.2 Å². The first-order valence-electron chi connectivity index (χ1n) is 8.72. The first-order chi connectivity index (χ1) is 12.6. The van der Waals surface area contributed by atoms with Crippen LogP contribution >= 0.6 is 0 Å². The molecular formula is C20H20N4O2. The molecule has 0 spiro atoms. The van der Waals surface area contributed by atoms with Crippen LogP contribution in [0.25, 0.3) is 5.65 Å². The summed E-state index contributed by atoms with van der Waals surface area (Å²) in [6.45, 7) is 2.38. The van der Waals surface area contributed by atoms with Gasteiger partial charge in [0.15, 0.2) is 0 Å². The Hall–Kier alpha value is -3.15. The van der Waals surface area contributed by atoms with Gasteiger partial charge < -0.3 is 10.6 Å². The van der Waals surface area contributed by atoms with Crippen LogP contribution in [-0.2, 0) is 6.54 Å². The van der Waals surface area contributed by atoms with Gasteiger partial charge in [0, 0.05) is 29.6 Å². The van der Waals surface area contributed by atoms with Gasteiger partial charge in [0.2, 0.25) is 0 Å². The van der Waals surface area contributed by atoms with Crippen molar-refractivity contribution in [1.82, 2.24) is 14.7 Å². The van der Waals surface area contributed by atoms with Gasteiger partial charge in [-0.25, -0.2) is 4.98 Å². The van der Waals surface area contributed by atoms with E-state index in [4.69, 9.17) is 0 Å². The summed E-state index contributed by atoms with van der Waals surface area (Å²) in [7, 11) is 0. The van der Waals surface area contributed by atoms with Crippen molar-refractivity contribution in [2.24, 2.45) is 0 Å². The highest BCUT2D eigenvalue weighted by Gasteiger charge is 2.23. The fraction of sp³-hybridized carbons (Fsp3) is 0.250. The van der Waals surface area contributed by atoms with Crippen LogP contribution in [0.3, 0.4) is 0 Å². The van der Waals surface area contributed by atoms with Crippen molar-refractivity contribution in [1.29, 1.82) is 0 Å². The van der Waals surface area contributed by atoms with Gasteiger partial charge >= 0.3 is 0 Å². The maximum Gasteiger partial charge on any atom is 0.258 e. The molecular weight excluding hydrogens is 328 g/mol. The molecule has 0 unspecified atom stereocenters. The first kappa shape index (κ1) is 16.3. The number of anilines is 1. The smallest absolute Gasteiger partial charge is 0.258 e. The lowest BCUT2D eigenvalue weighted by atomic mass is 10.2. The molecule has 1 aliphatic rings. The highest BCUT2D eigenvalue weighted by molar-refractivity contribution is 5.94. The molecule has 2 aromatic heterocycles. The topological polar surface area (TPSA) is 75.5 Å². The Morgan fingerprint density at radius 2 is 1.96 bits per heavy atom. The fourth-order valence-corrected chi connectivity index (χ4v) is 2.78. The van der Waals surface area contributed by atoms with E-state index in [0.717, 1.165) is 24.1 Å². The van der Waals surface area contributed by atoms with E-state index in [1.807, 2.05) is 31.2 Å². The third-order valence-corrected chi connectivity index (χ3v) is 4.39. The predicted octanol–water partition coefficient (Wildman–Crippen LogP) is 2.51. The average Bonchev–Trinajstić information content (AvgIpc) is 3.45. The van der Waals surface area contributed by atoms with E-state index in [0.29, 0.717) is 29.5 Å². The minimum atomic E-state index is -0.0948. The number of aromatic nitrogens is 2. The maximum atomic E-state index is 12.2. The number of carbonyl (C=O) groups excluding carboxylic acids is 1. The van der Waals surface area contributed by atoms with E-state index < -0.39 is 0 Å². The second-order valence-corrected chi connectivity index (χ2v) is 6.70. The fourth-order valence-electron chi connectivity index (χ4n) is 2.78. The molecule has 132 valence electrons. The highest BCUT2D eigenvalue weighted by atomic mass is 16.1. The van der Waals surface area contributed by atoms with Gasteiger partial charge in [-0.05, 0) is 55.7 Å². The first-order valence-corrected chi connectivity index (χ1v) is 8.72. The van der Waals surface area contributed by atoms with Gasteiger partial charge in [-0.2, -0.15) is 0 Å². The Labute approximate surface area is 150 Å². The van der Waals surface area contributed by atoms with E-state index in [1.165, 1.54) is 6.07 Å². The molecule has 6 heteroatoms. The van der Waals surface area contributed by atoms with Crippen LogP contribution in [0.2, 0.25) is 0 Å². The summed E-state index contributed by atoms with van der Waals surface area (Å²) in [4.78, 5) is 28.7. The molecule has 0 bridgehead atoms. The summed E-state index contributed by atoms with van der Waals surface area (Å²) in [5.41, 5.74) is 3.75. The zero-order chi connectivity index (χ0) is 18.1. The number of nitrogens with one attached hydrogen (secondary N) is 2. The molecule has 3 aromatic rings. The number of amides is 1. The number of carbonyl (C=O) groups is 1. The monoisotopic (exact) mass is 348 g/mol. The molecule has 1 aliphatic carbocycles. The number of benzene rings is 1. The predicted molar refractivity (Wildman–Crippen MR) is 100 cm³/mol. The van der Waals surface area contributed by atoms with Gasteiger partial charge in [-0.3, -0.25) is 14.0 Å². The normalized spacial score (nSPS) is 13.6. The molecule has 0 radical (unpaired) electrons. The Kier molecular flexibility index (Phi) is 4.16. The van der Waals surface area contributed by atoms with Crippen molar-refractivity contribution in [3.8, 4) is 0 Å². The average molecular weight is 348 g/mol. The Morgan fingerprint density at radius 3 is 2.69 bits per heavy atom. The Bertz CT molecular complexity index is 1020. The summed E-state index contributed by atoms with van der Waals surface area (Å²) in [5, 5.41) is 6.21. The SMILES string of the molecule is Cc1ccc2nc(CNc3ccc(C(=O)NC4CC4)cc3)cc(=O)n2c1. The molecule has 6 nitrogen and oxygen atoms in total.